The quantitative estimate of drug-likeness (QED) is 0.838. The zero-order valence-corrected chi connectivity index (χ0v) is 11.6. The van der Waals surface area contributed by atoms with E-state index in [9.17, 15) is 9.59 Å². The average Bonchev–Trinajstić information content (AvgIpc) is 2.77. The molecular weight excluding hydrogens is 309 g/mol. The highest BCUT2D eigenvalue weighted by molar-refractivity contribution is 7.18. The predicted molar refractivity (Wildman–Crippen MR) is 76.4 cm³/mol. The summed E-state index contributed by atoms with van der Waals surface area (Å²) < 4.78 is 0. The molecule has 1 aromatic carbocycles. The minimum atomic E-state index is -1.10. The summed E-state index contributed by atoms with van der Waals surface area (Å²) >= 11 is 12.8. The molecule has 7 heteroatoms. The number of hydrogen-bond acceptors (Lipinski definition) is 3. The number of benzene rings is 1. The van der Waals surface area contributed by atoms with Gasteiger partial charge in [0.25, 0.3) is 0 Å². The Balaban J connectivity index is 2.50. The molecular formula is C12H7Cl2NO3S. The summed E-state index contributed by atoms with van der Waals surface area (Å²) in [5.74, 6) is -1.10. The standard InChI is InChI=1S/C12H7Cl2NO3S/c13-7-2-1-6(3-8(7)14)10-4-9(15-5-16)11(19-10)12(17)18/h1-5H,(H,15,16)(H,17,18). The monoisotopic (exact) mass is 315 g/mol. The van der Waals surface area contributed by atoms with Crippen LogP contribution >= 0.6 is 34.5 Å². The summed E-state index contributed by atoms with van der Waals surface area (Å²) in [6.07, 6.45) is 0.438. The van der Waals surface area contributed by atoms with Crippen molar-refractivity contribution in [2.24, 2.45) is 0 Å². The lowest BCUT2D eigenvalue weighted by Crippen LogP contribution is -2.00. The van der Waals surface area contributed by atoms with Gasteiger partial charge in [-0.1, -0.05) is 29.3 Å². The average molecular weight is 316 g/mol. The van der Waals surface area contributed by atoms with Crippen LogP contribution in [0.5, 0.6) is 0 Å². The Labute approximate surface area is 122 Å². The minimum absolute atomic E-state index is 0.0631. The molecule has 0 atom stereocenters. The maximum atomic E-state index is 11.1. The fourth-order valence-corrected chi connectivity index (χ4v) is 2.77. The number of amides is 1. The van der Waals surface area contributed by atoms with Gasteiger partial charge in [-0.25, -0.2) is 4.79 Å². The molecule has 2 rings (SSSR count). The number of aromatic carboxylic acids is 1. The molecule has 1 aromatic heterocycles. The molecule has 98 valence electrons. The zero-order chi connectivity index (χ0) is 14.0. The van der Waals surface area contributed by atoms with E-state index in [1.165, 1.54) is 0 Å². The first-order valence-electron chi connectivity index (χ1n) is 5.05. The maximum absolute atomic E-state index is 11.1. The zero-order valence-electron chi connectivity index (χ0n) is 9.31. The van der Waals surface area contributed by atoms with Crippen molar-refractivity contribution in [3.63, 3.8) is 0 Å². The molecule has 19 heavy (non-hydrogen) atoms. The van der Waals surface area contributed by atoms with Crippen LogP contribution in [-0.4, -0.2) is 17.5 Å². The lowest BCUT2D eigenvalue weighted by Gasteiger charge is -1.99. The van der Waals surface area contributed by atoms with Crippen molar-refractivity contribution in [2.75, 3.05) is 5.32 Å². The molecule has 0 bridgehead atoms. The van der Waals surface area contributed by atoms with Gasteiger partial charge in [0.2, 0.25) is 6.41 Å². The Bertz CT molecular complexity index is 654. The molecule has 0 saturated heterocycles. The highest BCUT2D eigenvalue weighted by atomic mass is 35.5. The fraction of sp³-hybridized carbons (Fsp3) is 0. The summed E-state index contributed by atoms with van der Waals surface area (Å²) in [7, 11) is 0. The number of halogens is 2. The predicted octanol–water partition coefficient (Wildman–Crippen LogP) is 3.99. The second kappa shape index (κ2) is 5.61. The van der Waals surface area contributed by atoms with E-state index in [1.807, 2.05) is 0 Å². The lowest BCUT2D eigenvalue weighted by atomic mass is 10.2. The van der Waals surface area contributed by atoms with Gasteiger partial charge in [-0.05, 0) is 23.8 Å². The van der Waals surface area contributed by atoms with Crippen molar-refractivity contribution in [3.8, 4) is 10.4 Å². The Kier molecular flexibility index (Phi) is 4.09. The first kappa shape index (κ1) is 13.9. The van der Waals surface area contributed by atoms with E-state index in [1.54, 1.807) is 24.3 Å². The van der Waals surface area contributed by atoms with Gasteiger partial charge in [0.15, 0.2) is 0 Å². The third kappa shape index (κ3) is 2.89. The number of thiophene rings is 1. The van der Waals surface area contributed by atoms with Crippen LogP contribution in [0.3, 0.4) is 0 Å². The first-order chi connectivity index (χ1) is 9.02. The molecule has 0 radical (unpaired) electrons. The van der Waals surface area contributed by atoms with Gasteiger partial charge in [0.05, 0.1) is 15.7 Å². The van der Waals surface area contributed by atoms with Crippen molar-refractivity contribution in [3.05, 3.63) is 39.2 Å². The molecule has 0 spiro atoms. The second-order valence-electron chi connectivity index (χ2n) is 3.55. The van der Waals surface area contributed by atoms with E-state index < -0.39 is 5.97 Å². The number of carboxylic acids is 1. The van der Waals surface area contributed by atoms with E-state index in [-0.39, 0.29) is 10.6 Å². The molecule has 1 amide bonds. The number of carbonyl (C=O) groups is 2. The Morgan fingerprint density at radius 1 is 1.26 bits per heavy atom. The lowest BCUT2D eigenvalue weighted by molar-refractivity contribution is -0.105. The molecule has 0 aliphatic heterocycles. The Morgan fingerprint density at radius 3 is 2.58 bits per heavy atom. The molecule has 0 aliphatic carbocycles. The Morgan fingerprint density at radius 2 is 2.00 bits per heavy atom. The molecule has 0 saturated carbocycles. The van der Waals surface area contributed by atoms with Gasteiger partial charge < -0.3 is 10.4 Å². The third-order valence-corrected chi connectivity index (χ3v) is 4.26. The van der Waals surface area contributed by atoms with E-state index in [4.69, 9.17) is 28.3 Å². The van der Waals surface area contributed by atoms with Gasteiger partial charge in [-0.2, -0.15) is 0 Å². The van der Waals surface area contributed by atoms with Gasteiger partial charge in [-0.15, -0.1) is 11.3 Å². The first-order valence-corrected chi connectivity index (χ1v) is 6.63. The van der Waals surface area contributed by atoms with Gasteiger partial charge in [0.1, 0.15) is 4.88 Å². The highest BCUT2D eigenvalue weighted by Gasteiger charge is 2.16. The van der Waals surface area contributed by atoms with Crippen LogP contribution < -0.4 is 5.32 Å². The number of hydrogen-bond donors (Lipinski definition) is 2. The molecule has 0 fully saturated rings. The molecule has 0 unspecified atom stereocenters. The summed E-state index contributed by atoms with van der Waals surface area (Å²) in [6, 6.07) is 6.59. The van der Waals surface area contributed by atoms with Crippen LogP contribution in [0.1, 0.15) is 9.67 Å². The van der Waals surface area contributed by atoms with Crippen LogP contribution in [0.2, 0.25) is 10.0 Å². The summed E-state index contributed by atoms with van der Waals surface area (Å²) in [6.45, 7) is 0. The number of carbonyl (C=O) groups excluding carboxylic acids is 1. The van der Waals surface area contributed by atoms with Crippen molar-refractivity contribution in [1.29, 1.82) is 0 Å². The van der Waals surface area contributed by atoms with Gasteiger partial charge in [-0.3, -0.25) is 4.79 Å². The van der Waals surface area contributed by atoms with Crippen molar-refractivity contribution in [2.45, 2.75) is 0 Å². The highest BCUT2D eigenvalue weighted by Crippen LogP contribution is 2.36. The van der Waals surface area contributed by atoms with E-state index in [0.717, 1.165) is 16.9 Å². The van der Waals surface area contributed by atoms with Crippen LogP contribution in [0.4, 0.5) is 5.69 Å². The summed E-state index contributed by atoms with van der Waals surface area (Å²) in [5, 5.41) is 12.2. The Hall–Kier alpha value is -1.56. The smallest absolute Gasteiger partial charge is 0.348 e. The molecule has 2 aromatic rings. The minimum Gasteiger partial charge on any atom is -0.477 e. The maximum Gasteiger partial charge on any atom is 0.348 e. The van der Waals surface area contributed by atoms with Crippen molar-refractivity contribution < 1.29 is 14.7 Å². The van der Waals surface area contributed by atoms with Crippen molar-refractivity contribution in [1.82, 2.24) is 0 Å². The third-order valence-electron chi connectivity index (χ3n) is 2.34. The van der Waals surface area contributed by atoms with Crippen LogP contribution in [-0.2, 0) is 4.79 Å². The second-order valence-corrected chi connectivity index (χ2v) is 5.42. The molecule has 1 heterocycles. The summed E-state index contributed by atoms with van der Waals surface area (Å²) in [4.78, 5) is 22.3. The van der Waals surface area contributed by atoms with E-state index in [0.29, 0.717) is 21.3 Å². The topological polar surface area (TPSA) is 66.4 Å². The van der Waals surface area contributed by atoms with Gasteiger partial charge in [0, 0.05) is 4.88 Å². The largest absolute Gasteiger partial charge is 0.477 e. The van der Waals surface area contributed by atoms with Crippen molar-refractivity contribution >= 4 is 52.6 Å². The number of carboxylic acid groups (broad SMARTS) is 1. The number of anilines is 1. The van der Waals surface area contributed by atoms with E-state index >= 15 is 0 Å². The molecule has 2 N–H and O–H groups in total. The van der Waals surface area contributed by atoms with Crippen LogP contribution in [0.25, 0.3) is 10.4 Å². The number of rotatable bonds is 4. The van der Waals surface area contributed by atoms with Crippen LogP contribution in [0, 0.1) is 0 Å². The van der Waals surface area contributed by atoms with Crippen LogP contribution in [0.15, 0.2) is 24.3 Å². The molecule has 0 aliphatic rings. The van der Waals surface area contributed by atoms with E-state index in [2.05, 4.69) is 5.32 Å². The number of nitrogens with one attached hydrogen (secondary N) is 1. The normalized spacial score (nSPS) is 10.2. The SMILES string of the molecule is O=CNc1cc(-c2ccc(Cl)c(Cl)c2)sc1C(=O)O. The fourth-order valence-electron chi connectivity index (χ4n) is 1.51. The summed E-state index contributed by atoms with van der Waals surface area (Å²) in [5.41, 5.74) is 0.995. The van der Waals surface area contributed by atoms with Gasteiger partial charge >= 0.3 is 5.97 Å². The molecule has 4 nitrogen and oxygen atoms in total.